The molecule has 2 saturated heterocycles. The molecule has 0 spiro atoms. The Morgan fingerprint density at radius 3 is 2.31 bits per heavy atom. The highest BCUT2D eigenvalue weighted by atomic mass is 32.2. The third-order valence-electron chi connectivity index (χ3n) is 6.20. The van der Waals surface area contributed by atoms with Crippen molar-refractivity contribution >= 4 is 38.9 Å². The fourth-order valence-corrected chi connectivity index (χ4v) is 6.99. The van der Waals surface area contributed by atoms with Crippen LogP contribution in [0.1, 0.15) is 48.0 Å². The van der Waals surface area contributed by atoms with Gasteiger partial charge in [-0.15, -0.1) is 11.3 Å². The quantitative estimate of drug-likeness (QED) is 0.714. The Bertz CT molecular complexity index is 1060. The van der Waals surface area contributed by atoms with Crippen molar-refractivity contribution in [3.8, 4) is 0 Å². The number of aryl methyl sites for hydroxylation is 1. The van der Waals surface area contributed by atoms with Crippen LogP contribution in [0.5, 0.6) is 0 Å². The number of nitrogens with one attached hydrogen (secondary N) is 1. The molecule has 1 aromatic heterocycles. The number of sulfonamides is 1. The highest BCUT2D eigenvalue weighted by Crippen LogP contribution is 2.29. The Labute approximate surface area is 193 Å². The van der Waals surface area contributed by atoms with Crippen LogP contribution < -0.4 is 5.32 Å². The van der Waals surface area contributed by atoms with Crippen LogP contribution in [0.2, 0.25) is 0 Å². The lowest BCUT2D eigenvalue weighted by Crippen LogP contribution is -2.41. The molecular formula is C23H29N3O4S2. The van der Waals surface area contributed by atoms with Crippen molar-refractivity contribution in [2.75, 3.05) is 31.5 Å². The summed E-state index contributed by atoms with van der Waals surface area (Å²) in [5.41, 5.74) is 2.32. The molecule has 0 aliphatic carbocycles. The maximum absolute atomic E-state index is 13.1. The van der Waals surface area contributed by atoms with Crippen molar-refractivity contribution in [1.82, 2.24) is 9.21 Å². The molecule has 172 valence electrons. The monoisotopic (exact) mass is 475 g/mol. The summed E-state index contributed by atoms with van der Waals surface area (Å²) in [5.74, 6) is -0.382. The number of nitrogens with zero attached hydrogens (tertiary/aromatic N) is 2. The zero-order valence-corrected chi connectivity index (χ0v) is 19.9. The molecule has 32 heavy (non-hydrogen) atoms. The fraction of sp³-hybridized carbons (Fsp3) is 0.478. The molecule has 2 aliphatic heterocycles. The number of rotatable bonds is 5. The SMILES string of the molecule is Cc1ccc(NC(=O)C2CCN(S(=O)(=O)c3cc(C(=O)N4CCCCC4)cs3)CC2)cc1. The Hall–Kier alpha value is -2.23. The Balaban J connectivity index is 1.35. The van der Waals surface area contributed by atoms with Gasteiger partial charge in [-0.25, -0.2) is 8.42 Å². The molecule has 3 heterocycles. The molecule has 0 radical (unpaired) electrons. The molecule has 4 rings (SSSR count). The summed E-state index contributed by atoms with van der Waals surface area (Å²) in [4.78, 5) is 27.1. The summed E-state index contributed by atoms with van der Waals surface area (Å²) < 4.78 is 27.8. The molecule has 0 atom stereocenters. The molecule has 2 aliphatic rings. The molecular weight excluding hydrogens is 446 g/mol. The van der Waals surface area contributed by atoms with Crippen molar-refractivity contribution in [3.05, 3.63) is 46.8 Å². The van der Waals surface area contributed by atoms with Crippen LogP contribution >= 0.6 is 11.3 Å². The molecule has 9 heteroatoms. The minimum absolute atomic E-state index is 0.0727. The standard InChI is InChI=1S/C23H29N3O4S2/c1-17-5-7-20(8-6-17)24-22(27)18-9-13-26(14-10-18)32(29,30)21-15-19(16-31-21)23(28)25-11-3-2-4-12-25/h5-8,15-16,18H,2-4,9-14H2,1H3,(H,24,27). The summed E-state index contributed by atoms with van der Waals surface area (Å²) >= 11 is 1.10. The lowest BCUT2D eigenvalue weighted by Gasteiger charge is -2.30. The summed E-state index contributed by atoms with van der Waals surface area (Å²) in [5, 5.41) is 4.57. The van der Waals surface area contributed by atoms with Gasteiger partial charge in [-0.1, -0.05) is 17.7 Å². The third-order valence-corrected chi connectivity index (χ3v) is 9.52. The Kier molecular flexibility index (Phi) is 6.97. The summed E-state index contributed by atoms with van der Waals surface area (Å²) in [6.45, 7) is 4.04. The van der Waals surface area contributed by atoms with E-state index in [1.807, 2.05) is 31.2 Å². The molecule has 0 bridgehead atoms. The van der Waals surface area contributed by atoms with Crippen LogP contribution in [-0.4, -0.2) is 55.6 Å². The van der Waals surface area contributed by atoms with Gasteiger partial charge in [0.05, 0.1) is 5.56 Å². The van der Waals surface area contributed by atoms with Gasteiger partial charge in [0.2, 0.25) is 5.91 Å². The van der Waals surface area contributed by atoms with Gasteiger partial charge in [0.25, 0.3) is 15.9 Å². The Morgan fingerprint density at radius 2 is 1.66 bits per heavy atom. The second-order valence-corrected chi connectivity index (χ2v) is 11.6. The summed E-state index contributed by atoms with van der Waals surface area (Å²) in [7, 11) is -3.67. The number of carbonyl (C=O) groups excluding carboxylic acids is 2. The van der Waals surface area contributed by atoms with E-state index in [0.717, 1.165) is 54.9 Å². The molecule has 2 aromatic rings. The highest BCUT2D eigenvalue weighted by molar-refractivity contribution is 7.91. The highest BCUT2D eigenvalue weighted by Gasteiger charge is 2.33. The van der Waals surface area contributed by atoms with Crippen LogP contribution in [0.3, 0.4) is 0 Å². The van der Waals surface area contributed by atoms with E-state index < -0.39 is 10.0 Å². The average Bonchev–Trinajstić information content (AvgIpc) is 3.32. The second kappa shape index (κ2) is 9.72. The van der Waals surface area contributed by atoms with Gasteiger partial charge < -0.3 is 10.2 Å². The minimum Gasteiger partial charge on any atom is -0.339 e. The first-order valence-corrected chi connectivity index (χ1v) is 13.4. The van der Waals surface area contributed by atoms with Gasteiger partial charge in [0.1, 0.15) is 4.21 Å². The number of thiophene rings is 1. The molecule has 2 fully saturated rings. The molecule has 0 unspecified atom stereocenters. The van der Waals surface area contributed by atoms with E-state index in [1.165, 1.54) is 10.4 Å². The number of carbonyl (C=O) groups is 2. The van der Waals surface area contributed by atoms with Crippen LogP contribution in [0.15, 0.2) is 39.9 Å². The Morgan fingerprint density at radius 1 is 1.00 bits per heavy atom. The largest absolute Gasteiger partial charge is 0.339 e. The van der Waals surface area contributed by atoms with Gasteiger partial charge in [0, 0.05) is 43.2 Å². The van der Waals surface area contributed by atoms with E-state index in [1.54, 1.807) is 10.3 Å². The van der Waals surface area contributed by atoms with E-state index in [9.17, 15) is 18.0 Å². The van der Waals surface area contributed by atoms with Gasteiger partial charge in [-0.05, 0) is 57.2 Å². The maximum atomic E-state index is 13.1. The topological polar surface area (TPSA) is 86.8 Å². The predicted molar refractivity (Wildman–Crippen MR) is 125 cm³/mol. The first kappa shape index (κ1) is 22.9. The van der Waals surface area contributed by atoms with Crippen LogP contribution in [-0.2, 0) is 14.8 Å². The normalized spacial score (nSPS) is 18.5. The molecule has 7 nitrogen and oxygen atoms in total. The van der Waals surface area contributed by atoms with Crippen molar-refractivity contribution in [3.63, 3.8) is 0 Å². The van der Waals surface area contributed by atoms with Crippen molar-refractivity contribution in [2.45, 2.75) is 43.2 Å². The lowest BCUT2D eigenvalue weighted by atomic mass is 9.97. The van der Waals surface area contributed by atoms with Gasteiger partial charge >= 0.3 is 0 Å². The molecule has 1 aromatic carbocycles. The number of piperidine rings is 2. The van der Waals surface area contributed by atoms with E-state index in [2.05, 4.69) is 5.32 Å². The average molecular weight is 476 g/mol. The van der Waals surface area contributed by atoms with Gasteiger partial charge in [0.15, 0.2) is 0 Å². The fourth-order valence-electron chi connectivity index (χ4n) is 4.21. The summed E-state index contributed by atoms with van der Waals surface area (Å²) in [6, 6.07) is 9.12. The van der Waals surface area contributed by atoms with Gasteiger partial charge in [-0.3, -0.25) is 9.59 Å². The maximum Gasteiger partial charge on any atom is 0.254 e. The number of hydrogen-bond acceptors (Lipinski definition) is 5. The number of hydrogen-bond donors (Lipinski definition) is 1. The van der Waals surface area contributed by atoms with Crippen LogP contribution in [0, 0.1) is 12.8 Å². The van der Waals surface area contributed by atoms with Crippen LogP contribution in [0.4, 0.5) is 5.69 Å². The van der Waals surface area contributed by atoms with E-state index >= 15 is 0 Å². The number of amides is 2. The molecule has 1 N–H and O–H groups in total. The predicted octanol–water partition coefficient (Wildman–Crippen LogP) is 3.72. The first-order valence-electron chi connectivity index (χ1n) is 11.1. The number of likely N-dealkylation sites (tertiary alicyclic amines) is 1. The molecule has 2 amide bonds. The first-order chi connectivity index (χ1) is 15.3. The second-order valence-electron chi connectivity index (χ2n) is 8.54. The minimum atomic E-state index is -3.67. The zero-order valence-electron chi connectivity index (χ0n) is 18.2. The van der Waals surface area contributed by atoms with Crippen molar-refractivity contribution in [1.29, 1.82) is 0 Å². The van der Waals surface area contributed by atoms with Crippen molar-refractivity contribution in [2.24, 2.45) is 5.92 Å². The van der Waals surface area contributed by atoms with E-state index in [0.29, 0.717) is 31.5 Å². The number of anilines is 1. The zero-order chi connectivity index (χ0) is 22.7. The van der Waals surface area contributed by atoms with Gasteiger partial charge in [-0.2, -0.15) is 4.31 Å². The molecule has 0 saturated carbocycles. The summed E-state index contributed by atoms with van der Waals surface area (Å²) in [6.07, 6.45) is 4.07. The van der Waals surface area contributed by atoms with E-state index in [-0.39, 0.29) is 21.9 Å². The van der Waals surface area contributed by atoms with Crippen molar-refractivity contribution < 1.29 is 18.0 Å². The smallest absolute Gasteiger partial charge is 0.254 e. The van der Waals surface area contributed by atoms with Crippen LogP contribution in [0.25, 0.3) is 0 Å². The van der Waals surface area contributed by atoms with E-state index in [4.69, 9.17) is 0 Å². The lowest BCUT2D eigenvalue weighted by molar-refractivity contribution is -0.120. The third kappa shape index (κ3) is 5.05. The number of benzene rings is 1.